The van der Waals surface area contributed by atoms with Gasteiger partial charge in [-0.2, -0.15) is 5.26 Å². The van der Waals surface area contributed by atoms with Crippen molar-refractivity contribution in [1.82, 2.24) is 0 Å². The highest BCUT2D eigenvalue weighted by Gasteiger charge is 2.27. The van der Waals surface area contributed by atoms with Crippen LogP contribution in [0.15, 0.2) is 22.7 Å². The molecule has 0 heterocycles. The van der Waals surface area contributed by atoms with Gasteiger partial charge in [0.2, 0.25) is 0 Å². The molecule has 1 aliphatic carbocycles. The monoisotopic (exact) mass is 250 g/mol. The predicted molar refractivity (Wildman–Crippen MR) is 60.3 cm³/mol. The van der Waals surface area contributed by atoms with Crippen molar-refractivity contribution in [2.24, 2.45) is 0 Å². The molecule has 2 rings (SSSR count). The number of hydrogen-bond donors (Lipinski definition) is 0. The maximum Gasteiger partial charge on any atom is 0.101 e. The first-order valence-electron chi connectivity index (χ1n) is 4.65. The number of nitrogens with zero attached hydrogens (tertiary/aromatic N) is 2. The van der Waals surface area contributed by atoms with Gasteiger partial charge < -0.3 is 4.90 Å². The fourth-order valence-electron chi connectivity index (χ4n) is 1.56. The minimum Gasteiger partial charge on any atom is -0.371 e. The van der Waals surface area contributed by atoms with E-state index < -0.39 is 0 Å². The highest BCUT2D eigenvalue weighted by atomic mass is 79.9. The summed E-state index contributed by atoms with van der Waals surface area (Å²) in [6.07, 6.45) is 2.49. The Morgan fingerprint density at radius 3 is 2.79 bits per heavy atom. The highest BCUT2D eigenvalue weighted by molar-refractivity contribution is 9.10. The summed E-state index contributed by atoms with van der Waals surface area (Å²) >= 11 is 3.37. The summed E-state index contributed by atoms with van der Waals surface area (Å²) in [6.45, 7) is 0. The molecule has 1 saturated carbocycles. The second kappa shape index (κ2) is 3.62. The Bertz CT molecular complexity index is 391. The van der Waals surface area contributed by atoms with Crippen LogP contribution in [0.5, 0.6) is 0 Å². The third-order valence-electron chi connectivity index (χ3n) is 2.55. The van der Waals surface area contributed by atoms with Crippen LogP contribution in [0.3, 0.4) is 0 Å². The Hall–Kier alpha value is -1.01. The summed E-state index contributed by atoms with van der Waals surface area (Å²) in [5, 5.41) is 9.00. The van der Waals surface area contributed by atoms with Crippen LogP contribution in [-0.2, 0) is 0 Å². The van der Waals surface area contributed by atoms with E-state index in [2.05, 4.69) is 33.9 Å². The predicted octanol–water partition coefficient (Wildman–Crippen LogP) is 2.92. The van der Waals surface area contributed by atoms with Gasteiger partial charge in [0.1, 0.15) is 6.07 Å². The molecule has 0 spiro atoms. The standard InChI is InChI=1S/C11H11BrN2/c1-14(10-3-4-10)11-5-2-9(12)6-8(11)7-13/h2,5-6,10H,3-4H2,1H3. The first-order chi connectivity index (χ1) is 6.72. The SMILES string of the molecule is CN(c1ccc(Br)cc1C#N)C1CC1. The molecule has 0 saturated heterocycles. The van der Waals surface area contributed by atoms with E-state index in [4.69, 9.17) is 5.26 Å². The van der Waals surface area contributed by atoms with Crippen LogP contribution in [0.4, 0.5) is 5.69 Å². The van der Waals surface area contributed by atoms with Crippen molar-refractivity contribution in [2.45, 2.75) is 18.9 Å². The minimum atomic E-state index is 0.642. The smallest absolute Gasteiger partial charge is 0.101 e. The zero-order valence-corrected chi connectivity index (χ0v) is 9.58. The molecule has 0 unspecified atom stereocenters. The Morgan fingerprint density at radius 1 is 1.50 bits per heavy atom. The summed E-state index contributed by atoms with van der Waals surface area (Å²) < 4.78 is 0.960. The zero-order chi connectivity index (χ0) is 10.1. The summed E-state index contributed by atoms with van der Waals surface area (Å²) in [4.78, 5) is 2.20. The van der Waals surface area contributed by atoms with E-state index in [0.29, 0.717) is 6.04 Å². The van der Waals surface area contributed by atoms with Crippen LogP contribution in [0.25, 0.3) is 0 Å². The maximum atomic E-state index is 9.00. The molecular weight excluding hydrogens is 240 g/mol. The first kappa shape index (κ1) is 9.54. The molecule has 0 radical (unpaired) electrons. The Balaban J connectivity index is 2.36. The van der Waals surface area contributed by atoms with Crippen molar-refractivity contribution < 1.29 is 0 Å². The maximum absolute atomic E-state index is 9.00. The largest absolute Gasteiger partial charge is 0.371 e. The van der Waals surface area contributed by atoms with Gasteiger partial charge in [0.25, 0.3) is 0 Å². The molecule has 1 fully saturated rings. The number of hydrogen-bond acceptors (Lipinski definition) is 2. The molecule has 0 atom stereocenters. The number of halogens is 1. The lowest BCUT2D eigenvalue weighted by molar-refractivity contribution is 0.914. The molecule has 0 N–H and O–H groups in total. The minimum absolute atomic E-state index is 0.642. The molecule has 1 aromatic carbocycles. The molecule has 0 aromatic heterocycles. The topological polar surface area (TPSA) is 27.0 Å². The number of anilines is 1. The van der Waals surface area contributed by atoms with Crippen LogP contribution >= 0.6 is 15.9 Å². The fourth-order valence-corrected chi connectivity index (χ4v) is 1.92. The van der Waals surface area contributed by atoms with Gasteiger partial charge in [-0.05, 0) is 31.0 Å². The lowest BCUT2D eigenvalue weighted by Crippen LogP contribution is -2.20. The molecule has 0 bridgehead atoms. The first-order valence-corrected chi connectivity index (χ1v) is 5.44. The lowest BCUT2D eigenvalue weighted by atomic mass is 10.2. The van der Waals surface area contributed by atoms with Gasteiger partial charge >= 0.3 is 0 Å². The van der Waals surface area contributed by atoms with Gasteiger partial charge in [-0.25, -0.2) is 0 Å². The van der Waals surface area contributed by atoms with Crippen LogP contribution < -0.4 is 4.90 Å². The van der Waals surface area contributed by atoms with Crippen molar-refractivity contribution >= 4 is 21.6 Å². The van der Waals surface area contributed by atoms with E-state index in [1.165, 1.54) is 12.8 Å². The van der Waals surface area contributed by atoms with Crippen LogP contribution in [-0.4, -0.2) is 13.1 Å². The van der Waals surface area contributed by atoms with Crippen molar-refractivity contribution in [3.63, 3.8) is 0 Å². The van der Waals surface area contributed by atoms with Gasteiger partial charge in [0, 0.05) is 17.6 Å². The lowest BCUT2D eigenvalue weighted by Gasteiger charge is -2.19. The zero-order valence-electron chi connectivity index (χ0n) is 8.00. The molecule has 72 valence electrons. The molecule has 14 heavy (non-hydrogen) atoms. The summed E-state index contributed by atoms with van der Waals surface area (Å²) in [6, 6.07) is 8.72. The van der Waals surface area contributed by atoms with Crippen molar-refractivity contribution in [1.29, 1.82) is 5.26 Å². The van der Waals surface area contributed by atoms with Crippen molar-refractivity contribution in [3.05, 3.63) is 28.2 Å². The van der Waals surface area contributed by atoms with E-state index in [9.17, 15) is 0 Å². The van der Waals surface area contributed by atoms with Crippen molar-refractivity contribution in [3.8, 4) is 6.07 Å². The molecule has 2 nitrogen and oxygen atoms in total. The molecular formula is C11H11BrN2. The van der Waals surface area contributed by atoms with E-state index in [1.54, 1.807) is 0 Å². The normalized spacial score (nSPS) is 14.9. The van der Waals surface area contributed by atoms with Crippen LogP contribution in [0, 0.1) is 11.3 Å². The molecule has 1 aliphatic rings. The third-order valence-corrected chi connectivity index (χ3v) is 3.05. The van der Waals surface area contributed by atoms with E-state index in [0.717, 1.165) is 15.7 Å². The average molecular weight is 251 g/mol. The summed E-state index contributed by atoms with van der Waals surface area (Å²) in [5.74, 6) is 0. The van der Waals surface area contributed by atoms with E-state index >= 15 is 0 Å². The molecule has 0 amide bonds. The quantitative estimate of drug-likeness (QED) is 0.808. The average Bonchev–Trinajstić information content (AvgIpc) is 3.00. The van der Waals surface area contributed by atoms with E-state index in [-0.39, 0.29) is 0 Å². The number of rotatable bonds is 2. The van der Waals surface area contributed by atoms with Gasteiger partial charge in [0.05, 0.1) is 11.3 Å². The van der Waals surface area contributed by atoms with E-state index in [1.807, 2.05) is 18.2 Å². The second-order valence-corrected chi connectivity index (χ2v) is 4.53. The van der Waals surface area contributed by atoms with Gasteiger partial charge in [-0.15, -0.1) is 0 Å². The number of benzene rings is 1. The van der Waals surface area contributed by atoms with Gasteiger partial charge in [0.15, 0.2) is 0 Å². The Kier molecular flexibility index (Phi) is 2.47. The number of nitriles is 1. The molecule has 1 aromatic rings. The third kappa shape index (κ3) is 1.76. The van der Waals surface area contributed by atoms with Gasteiger partial charge in [-0.3, -0.25) is 0 Å². The second-order valence-electron chi connectivity index (χ2n) is 3.62. The highest BCUT2D eigenvalue weighted by Crippen LogP contribution is 2.32. The Morgan fingerprint density at radius 2 is 2.21 bits per heavy atom. The fraction of sp³-hybridized carbons (Fsp3) is 0.364. The molecule has 3 heteroatoms. The van der Waals surface area contributed by atoms with Crippen LogP contribution in [0.1, 0.15) is 18.4 Å². The van der Waals surface area contributed by atoms with Gasteiger partial charge in [-0.1, -0.05) is 15.9 Å². The Labute approximate surface area is 92.3 Å². The van der Waals surface area contributed by atoms with Crippen molar-refractivity contribution in [2.75, 3.05) is 11.9 Å². The summed E-state index contributed by atoms with van der Waals surface area (Å²) in [5.41, 5.74) is 1.78. The van der Waals surface area contributed by atoms with Crippen LogP contribution in [0.2, 0.25) is 0 Å². The summed E-state index contributed by atoms with van der Waals surface area (Å²) in [7, 11) is 2.06. The molecule has 0 aliphatic heterocycles.